The predicted molar refractivity (Wildman–Crippen MR) is 112 cm³/mol. The molecule has 5 N–H and O–H groups in total. The van der Waals surface area contributed by atoms with Crippen molar-refractivity contribution in [2.24, 2.45) is 16.5 Å². The number of alkyl carbamates (subject to hydrolysis) is 1. The third-order valence-electron chi connectivity index (χ3n) is 3.73. The average molecular weight is 401 g/mol. The molecule has 0 aromatic heterocycles. The molecule has 0 aliphatic rings. The van der Waals surface area contributed by atoms with Gasteiger partial charge in [0, 0.05) is 12.3 Å². The molecule has 1 amide bonds. The van der Waals surface area contributed by atoms with Crippen LogP contribution in [0.3, 0.4) is 0 Å². The van der Waals surface area contributed by atoms with E-state index in [0.717, 1.165) is 22.9 Å². The van der Waals surface area contributed by atoms with Gasteiger partial charge in [0.05, 0.1) is 0 Å². The lowest BCUT2D eigenvalue weighted by Crippen LogP contribution is -2.40. The standard InChI is InChI=1S/C20H24N4O3S/c21-19(22)23-12-11-17(18(25)28-14-16-9-5-2-6-10-16)24-20(26)27-13-15-7-3-1-4-8-15/h1-10,17H,11-14H2,(H,24,26)(H4,21,22,23). The summed E-state index contributed by atoms with van der Waals surface area (Å²) in [4.78, 5) is 28.6. The van der Waals surface area contributed by atoms with E-state index in [1.54, 1.807) is 0 Å². The van der Waals surface area contributed by atoms with Crippen LogP contribution in [0, 0.1) is 0 Å². The number of benzene rings is 2. The third-order valence-corrected chi connectivity index (χ3v) is 4.77. The number of nitrogens with one attached hydrogen (secondary N) is 1. The van der Waals surface area contributed by atoms with E-state index in [0.29, 0.717) is 5.75 Å². The average Bonchev–Trinajstić information content (AvgIpc) is 2.71. The number of aliphatic imine (C=N–C) groups is 1. The highest BCUT2D eigenvalue weighted by Crippen LogP contribution is 2.16. The summed E-state index contributed by atoms with van der Waals surface area (Å²) in [5.41, 5.74) is 12.5. The Hall–Kier alpha value is -3.00. The molecule has 7 nitrogen and oxygen atoms in total. The minimum atomic E-state index is -0.750. The summed E-state index contributed by atoms with van der Waals surface area (Å²) < 4.78 is 5.20. The topological polar surface area (TPSA) is 120 Å². The van der Waals surface area contributed by atoms with Crippen molar-refractivity contribution in [1.29, 1.82) is 0 Å². The Morgan fingerprint density at radius 3 is 2.21 bits per heavy atom. The maximum absolute atomic E-state index is 12.6. The number of hydrogen-bond donors (Lipinski definition) is 3. The predicted octanol–water partition coefficient (Wildman–Crippen LogP) is 2.40. The molecular weight excluding hydrogens is 376 g/mol. The summed E-state index contributed by atoms with van der Waals surface area (Å²) in [7, 11) is 0. The number of carbonyl (C=O) groups is 2. The number of nitrogens with two attached hydrogens (primary N) is 2. The van der Waals surface area contributed by atoms with Crippen LogP contribution in [0.15, 0.2) is 65.7 Å². The molecule has 0 fully saturated rings. The van der Waals surface area contributed by atoms with E-state index < -0.39 is 12.1 Å². The molecule has 0 heterocycles. The minimum absolute atomic E-state index is 0.0604. The van der Waals surface area contributed by atoms with Gasteiger partial charge in [0.2, 0.25) is 5.12 Å². The smallest absolute Gasteiger partial charge is 0.408 e. The summed E-state index contributed by atoms with van der Waals surface area (Å²) in [6.07, 6.45) is -0.383. The van der Waals surface area contributed by atoms with E-state index in [4.69, 9.17) is 16.2 Å². The first-order chi connectivity index (χ1) is 13.5. The summed E-state index contributed by atoms with van der Waals surface area (Å²) in [6.45, 7) is 0.349. The molecule has 28 heavy (non-hydrogen) atoms. The van der Waals surface area contributed by atoms with E-state index >= 15 is 0 Å². The molecule has 0 aliphatic heterocycles. The first-order valence-corrected chi connectivity index (χ1v) is 9.76. The SMILES string of the molecule is NC(N)=NCCC(NC(=O)OCc1ccccc1)C(=O)SCc1ccccc1. The fraction of sp³-hybridized carbons (Fsp3) is 0.250. The van der Waals surface area contributed by atoms with E-state index in [2.05, 4.69) is 10.3 Å². The van der Waals surface area contributed by atoms with Crippen LogP contribution in [0.1, 0.15) is 17.5 Å². The van der Waals surface area contributed by atoms with Gasteiger partial charge < -0.3 is 21.5 Å². The number of thioether (sulfide) groups is 1. The molecule has 1 atom stereocenters. The van der Waals surface area contributed by atoms with Gasteiger partial charge in [0.1, 0.15) is 12.6 Å². The number of rotatable bonds is 9. The van der Waals surface area contributed by atoms with Gasteiger partial charge in [-0.2, -0.15) is 0 Å². The molecule has 2 aromatic carbocycles. The van der Waals surface area contributed by atoms with Crippen molar-refractivity contribution in [3.63, 3.8) is 0 Å². The van der Waals surface area contributed by atoms with Gasteiger partial charge in [0.15, 0.2) is 5.96 Å². The molecule has 2 aromatic rings. The summed E-state index contributed by atoms with van der Waals surface area (Å²) in [6, 6.07) is 18.2. The van der Waals surface area contributed by atoms with Crippen molar-refractivity contribution in [3.05, 3.63) is 71.8 Å². The lowest BCUT2D eigenvalue weighted by Gasteiger charge is -2.16. The Morgan fingerprint density at radius 2 is 1.61 bits per heavy atom. The number of ether oxygens (including phenoxy) is 1. The van der Waals surface area contributed by atoms with Gasteiger partial charge in [0.25, 0.3) is 0 Å². The Balaban J connectivity index is 1.90. The Labute approximate surface area is 168 Å². The Bertz CT molecular complexity index is 781. The first-order valence-electron chi connectivity index (χ1n) is 8.78. The normalized spacial score (nSPS) is 11.3. The zero-order valence-electron chi connectivity index (χ0n) is 15.4. The highest BCUT2D eigenvalue weighted by atomic mass is 32.2. The second-order valence-corrected chi connectivity index (χ2v) is 6.93. The largest absolute Gasteiger partial charge is 0.445 e. The molecule has 0 saturated heterocycles. The number of nitrogens with zero attached hydrogens (tertiary/aromatic N) is 1. The number of guanidine groups is 1. The zero-order chi connectivity index (χ0) is 20.2. The quantitative estimate of drug-likeness (QED) is 0.439. The van der Waals surface area contributed by atoms with E-state index in [1.807, 2.05) is 60.7 Å². The minimum Gasteiger partial charge on any atom is -0.445 e. The van der Waals surface area contributed by atoms with Crippen molar-refractivity contribution >= 4 is 28.9 Å². The fourth-order valence-electron chi connectivity index (χ4n) is 2.31. The number of amides is 1. The Kier molecular flexibility index (Phi) is 8.87. The van der Waals surface area contributed by atoms with Crippen LogP contribution in [0.25, 0.3) is 0 Å². The van der Waals surface area contributed by atoms with E-state index in [1.165, 1.54) is 0 Å². The molecule has 0 radical (unpaired) electrons. The van der Waals surface area contributed by atoms with Gasteiger partial charge in [-0.3, -0.25) is 9.79 Å². The maximum Gasteiger partial charge on any atom is 0.408 e. The molecule has 0 saturated carbocycles. The van der Waals surface area contributed by atoms with Crippen molar-refractivity contribution in [2.75, 3.05) is 6.54 Å². The van der Waals surface area contributed by atoms with Crippen LogP contribution in [0.2, 0.25) is 0 Å². The van der Waals surface area contributed by atoms with Crippen molar-refractivity contribution in [3.8, 4) is 0 Å². The van der Waals surface area contributed by atoms with Crippen LogP contribution in [-0.4, -0.2) is 29.8 Å². The molecule has 8 heteroatoms. The summed E-state index contributed by atoms with van der Waals surface area (Å²) in [5, 5.41) is 2.44. The molecule has 0 spiro atoms. The highest BCUT2D eigenvalue weighted by Gasteiger charge is 2.21. The van der Waals surface area contributed by atoms with E-state index in [9.17, 15) is 9.59 Å². The van der Waals surface area contributed by atoms with Crippen LogP contribution >= 0.6 is 11.8 Å². The third kappa shape index (κ3) is 8.13. The van der Waals surface area contributed by atoms with E-state index in [-0.39, 0.29) is 30.6 Å². The maximum atomic E-state index is 12.6. The van der Waals surface area contributed by atoms with Gasteiger partial charge in [-0.15, -0.1) is 0 Å². The molecule has 2 rings (SSSR count). The molecule has 1 unspecified atom stereocenters. The fourth-order valence-corrected chi connectivity index (χ4v) is 3.19. The second-order valence-electron chi connectivity index (χ2n) is 5.95. The molecule has 0 bridgehead atoms. The van der Waals surface area contributed by atoms with Gasteiger partial charge >= 0.3 is 6.09 Å². The molecule has 148 valence electrons. The van der Waals surface area contributed by atoms with Gasteiger partial charge in [-0.25, -0.2) is 4.79 Å². The van der Waals surface area contributed by atoms with Gasteiger partial charge in [-0.1, -0.05) is 72.4 Å². The van der Waals surface area contributed by atoms with Crippen molar-refractivity contribution in [1.82, 2.24) is 5.32 Å². The van der Waals surface area contributed by atoms with Gasteiger partial charge in [-0.05, 0) is 17.5 Å². The van der Waals surface area contributed by atoms with Crippen molar-refractivity contribution in [2.45, 2.75) is 24.8 Å². The summed E-state index contributed by atoms with van der Waals surface area (Å²) in [5.74, 6) is 0.453. The Morgan fingerprint density at radius 1 is 1.00 bits per heavy atom. The van der Waals surface area contributed by atoms with Crippen molar-refractivity contribution < 1.29 is 14.3 Å². The van der Waals surface area contributed by atoms with Crippen LogP contribution in [0.5, 0.6) is 0 Å². The highest BCUT2D eigenvalue weighted by molar-refractivity contribution is 8.13. The molecule has 0 aliphatic carbocycles. The van der Waals surface area contributed by atoms with Crippen LogP contribution < -0.4 is 16.8 Å². The van der Waals surface area contributed by atoms with Crippen LogP contribution in [-0.2, 0) is 21.9 Å². The zero-order valence-corrected chi connectivity index (χ0v) is 16.2. The second kappa shape index (κ2) is 11.7. The van der Waals surface area contributed by atoms with Crippen LogP contribution in [0.4, 0.5) is 4.79 Å². The molecular formula is C20H24N4O3S. The lowest BCUT2D eigenvalue weighted by molar-refractivity contribution is -0.112. The lowest BCUT2D eigenvalue weighted by atomic mass is 10.2. The number of hydrogen-bond acceptors (Lipinski definition) is 5. The number of carbonyl (C=O) groups excluding carboxylic acids is 2. The summed E-state index contributed by atoms with van der Waals surface area (Å²) >= 11 is 1.13. The first kappa shape index (κ1) is 21.3. The monoisotopic (exact) mass is 400 g/mol.